The molecule has 0 saturated carbocycles. The molecule has 0 atom stereocenters. The molecule has 0 unspecified atom stereocenters. The number of ether oxygens (including phenoxy) is 2. The minimum Gasteiger partial charge on any atom is -0.454 e. The van der Waals surface area contributed by atoms with Gasteiger partial charge in [-0.2, -0.15) is 0 Å². The Kier molecular flexibility index (Phi) is 5.66. The summed E-state index contributed by atoms with van der Waals surface area (Å²) < 4.78 is 10.8. The van der Waals surface area contributed by atoms with Crippen LogP contribution in [0.3, 0.4) is 0 Å². The summed E-state index contributed by atoms with van der Waals surface area (Å²) in [7, 11) is 0. The Balaban J connectivity index is 1.23. The van der Waals surface area contributed by atoms with E-state index in [1.54, 1.807) is 0 Å². The Bertz CT molecular complexity index is 807. The fourth-order valence-corrected chi connectivity index (χ4v) is 3.68. The average Bonchev–Trinajstić information content (AvgIpc) is 3.16. The maximum absolute atomic E-state index is 5.96. The van der Waals surface area contributed by atoms with Crippen LogP contribution in [0.25, 0.3) is 0 Å². The summed E-state index contributed by atoms with van der Waals surface area (Å²) in [5.41, 5.74) is 2.42. The molecular weight excluding hydrogens is 382 g/mol. The summed E-state index contributed by atoms with van der Waals surface area (Å²) in [6.45, 7) is 5.78. The summed E-state index contributed by atoms with van der Waals surface area (Å²) in [5, 5.41) is 4.94. The fraction of sp³-hybridized carbons (Fsp3) is 0.350. The monoisotopic (exact) mass is 403 g/mol. The molecule has 1 N–H and O–H groups in total. The predicted octanol–water partition coefficient (Wildman–Crippen LogP) is 3.26. The van der Waals surface area contributed by atoms with Gasteiger partial charge >= 0.3 is 0 Å². The van der Waals surface area contributed by atoms with E-state index >= 15 is 0 Å². The van der Waals surface area contributed by atoms with Crippen molar-refractivity contribution in [3.8, 4) is 11.5 Å². The van der Waals surface area contributed by atoms with Gasteiger partial charge in [0, 0.05) is 44.3 Å². The van der Waals surface area contributed by atoms with Crippen LogP contribution < -0.4 is 14.8 Å². The Labute approximate surface area is 169 Å². The molecule has 0 bridgehead atoms. The maximum atomic E-state index is 5.96. The number of fused-ring (bicyclic) bond motifs is 1. The van der Waals surface area contributed by atoms with Crippen molar-refractivity contribution in [1.29, 1.82) is 0 Å². The van der Waals surface area contributed by atoms with Gasteiger partial charge in [0.1, 0.15) is 0 Å². The summed E-state index contributed by atoms with van der Waals surface area (Å²) in [6, 6.07) is 14.1. The number of hydrogen-bond acceptors (Lipinski definition) is 4. The van der Waals surface area contributed by atoms with Crippen molar-refractivity contribution in [3.63, 3.8) is 0 Å². The molecule has 1 fully saturated rings. The number of nitrogens with one attached hydrogen (secondary N) is 1. The van der Waals surface area contributed by atoms with Crippen LogP contribution >= 0.6 is 23.8 Å². The molecule has 142 valence electrons. The SMILES string of the molecule is S=C(NCc1ccc2c(c1)OCO2)N1CCN(Cc2ccc(Cl)cc2)CC1. The first kappa shape index (κ1) is 18.3. The highest BCUT2D eigenvalue weighted by Crippen LogP contribution is 2.32. The molecule has 2 aromatic rings. The van der Waals surface area contributed by atoms with E-state index in [2.05, 4.69) is 27.2 Å². The van der Waals surface area contributed by atoms with E-state index in [0.29, 0.717) is 13.3 Å². The number of thiocarbonyl (C=S) groups is 1. The molecule has 0 aliphatic carbocycles. The van der Waals surface area contributed by atoms with Crippen molar-refractivity contribution in [1.82, 2.24) is 15.1 Å². The zero-order valence-electron chi connectivity index (χ0n) is 15.0. The normalized spacial score (nSPS) is 16.4. The third-order valence-corrected chi connectivity index (χ3v) is 5.51. The zero-order chi connectivity index (χ0) is 18.6. The molecular formula is C20H22ClN3O2S. The first-order valence-electron chi connectivity index (χ1n) is 9.05. The van der Waals surface area contributed by atoms with Crippen molar-refractivity contribution in [2.75, 3.05) is 33.0 Å². The van der Waals surface area contributed by atoms with E-state index in [9.17, 15) is 0 Å². The first-order chi connectivity index (χ1) is 13.2. The van der Waals surface area contributed by atoms with Gasteiger partial charge in [-0.15, -0.1) is 0 Å². The second kappa shape index (κ2) is 8.33. The van der Waals surface area contributed by atoms with E-state index in [1.807, 2.05) is 30.3 Å². The molecule has 2 aromatic carbocycles. The minimum atomic E-state index is 0.297. The number of nitrogens with zero attached hydrogens (tertiary/aromatic N) is 2. The maximum Gasteiger partial charge on any atom is 0.231 e. The number of rotatable bonds is 4. The van der Waals surface area contributed by atoms with Crippen molar-refractivity contribution < 1.29 is 9.47 Å². The number of piperazine rings is 1. The molecule has 2 aliphatic rings. The van der Waals surface area contributed by atoms with E-state index in [4.69, 9.17) is 33.3 Å². The molecule has 2 heterocycles. The topological polar surface area (TPSA) is 37.0 Å². The van der Waals surface area contributed by atoms with Gasteiger partial charge in [0.25, 0.3) is 0 Å². The molecule has 5 nitrogen and oxygen atoms in total. The minimum absolute atomic E-state index is 0.297. The molecule has 0 amide bonds. The molecule has 7 heteroatoms. The van der Waals surface area contributed by atoms with Gasteiger partial charge in [0.05, 0.1) is 0 Å². The summed E-state index contributed by atoms with van der Waals surface area (Å²) in [4.78, 5) is 4.68. The van der Waals surface area contributed by atoms with Crippen molar-refractivity contribution in [3.05, 3.63) is 58.6 Å². The Morgan fingerprint density at radius 2 is 1.67 bits per heavy atom. The fourth-order valence-electron chi connectivity index (χ4n) is 3.30. The highest BCUT2D eigenvalue weighted by Gasteiger charge is 2.19. The molecule has 27 heavy (non-hydrogen) atoms. The highest BCUT2D eigenvalue weighted by atomic mass is 35.5. The summed E-state index contributed by atoms with van der Waals surface area (Å²) in [6.07, 6.45) is 0. The lowest BCUT2D eigenvalue weighted by molar-refractivity contribution is 0.174. The molecule has 0 radical (unpaired) electrons. The standard InChI is InChI=1S/C20H22ClN3O2S/c21-17-4-1-15(2-5-17)13-23-7-9-24(10-8-23)20(27)22-12-16-3-6-18-19(11-16)26-14-25-18/h1-6,11H,7-10,12-14H2,(H,22,27). The van der Waals surface area contributed by atoms with Crippen LogP contribution in [0.2, 0.25) is 5.02 Å². The van der Waals surface area contributed by atoms with Gasteiger partial charge in [-0.05, 0) is 47.6 Å². The number of hydrogen-bond donors (Lipinski definition) is 1. The van der Waals surface area contributed by atoms with Crippen molar-refractivity contribution in [2.45, 2.75) is 13.1 Å². The molecule has 4 rings (SSSR count). The van der Waals surface area contributed by atoms with Crippen LogP contribution in [0.1, 0.15) is 11.1 Å². The van der Waals surface area contributed by atoms with Crippen LogP contribution in [0.15, 0.2) is 42.5 Å². The van der Waals surface area contributed by atoms with Gasteiger partial charge in [-0.1, -0.05) is 29.8 Å². The Hall–Kier alpha value is -2.02. The highest BCUT2D eigenvalue weighted by molar-refractivity contribution is 7.80. The molecule has 1 saturated heterocycles. The number of halogens is 1. The van der Waals surface area contributed by atoms with Gasteiger partial charge < -0.3 is 19.7 Å². The van der Waals surface area contributed by atoms with E-state index in [1.165, 1.54) is 5.56 Å². The van der Waals surface area contributed by atoms with E-state index in [-0.39, 0.29) is 0 Å². The summed E-state index contributed by atoms with van der Waals surface area (Å²) >= 11 is 11.5. The van der Waals surface area contributed by atoms with Gasteiger partial charge in [0.2, 0.25) is 6.79 Å². The van der Waals surface area contributed by atoms with Crippen LogP contribution in [-0.4, -0.2) is 47.9 Å². The lowest BCUT2D eigenvalue weighted by Crippen LogP contribution is -2.51. The van der Waals surface area contributed by atoms with Crippen LogP contribution in [0.5, 0.6) is 11.5 Å². The van der Waals surface area contributed by atoms with Crippen LogP contribution in [0, 0.1) is 0 Å². The van der Waals surface area contributed by atoms with Crippen LogP contribution in [0.4, 0.5) is 0 Å². The third-order valence-electron chi connectivity index (χ3n) is 4.86. The van der Waals surface area contributed by atoms with Crippen molar-refractivity contribution in [2.24, 2.45) is 0 Å². The van der Waals surface area contributed by atoms with E-state index in [0.717, 1.165) is 59.9 Å². The molecule has 2 aliphatic heterocycles. The predicted molar refractivity (Wildman–Crippen MR) is 110 cm³/mol. The molecule has 0 aromatic heterocycles. The lowest BCUT2D eigenvalue weighted by atomic mass is 10.2. The zero-order valence-corrected chi connectivity index (χ0v) is 16.6. The van der Waals surface area contributed by atoms with E-state index < -0.39 is 0 Å². The smallest absolute Gasteiger partial charge is 0.231 e. The largest absolute Gasteiger partial charge is 0.454 e. The lowest BCUT2D eigenvalue weighted by Gasteiger charge is -2.36. The second-order valence-electron chi connectivity index (χ2n) is 6.74. The number of benzene rings is 2. The van der Waals surface area contributed by atoms with Gasteiger partial charge in [-0.3, -0.25) is 4.90 Å². The Morgan fingerprint density at radius 1 is 0.963 bits per heavy atom. The Morgan fingerprint density at radius 3 is 2.44 bits per heavy atom. The average molecular weight is 404 g/mol. The van der Waals surface area contributed by atoms with Crippen LogP contribution in [-0.2, 0) is 13.1 Å². The first-order valence-corrected chi connectivity index (χ1v) is 9.84. The second-order valence-corrected chi connectivity index (χ2v) is 7.56. The van der Waals surface area contributed by atoms with Gasteiger partial charge in [0.15, 0.2) is 16.6 Å². The van der Waals surface area contributed by atoms with Crippen molar-refractivity contribution >= 4 is 28.9 Å². The molecule has 0 spiro atoms. The third kappa shape index (κ3) is 4.64. The summed E-state index contributed by atoms with van der Waals surface area (Å²) in [5.74, 6) is 1.61. The quantitative estimate of drug-likeness (QED) is 0.790. The van der Waals surface area contributed by atoms with Gasteiger partial charge in [-0.25, -0.2) is 0 Å².